The third kappa shape index (κ3) is 4.35. The van der Waals surface area contributed by atoms with Gasteiger partial charge in [-0.05, 0) is 60.9 Å². The molecule has 158 valence electrons. The van der Waals surface area contributed by atoms with E-state index in [-0.39, 0.29) is 0 Å². The second-order valence-electron chi connectivity index (χ2n) is 7.33. The lowest BCUT2D eigenvalue weighted by Gasteiger charge is -2.45. The third-order valence-corrected chi connectivity index (χ3v) is 5.33. The zero-order valence-electron chi connectivity index (χ0n) is 16.4. The quantitative estimate of drug-likeness (QED) is 0.580. The van der Waals surface area contributed by atoms with Crippen LogP contribution < -0.4 is 9.47 Å². The standard InChI is InChI=1S/C21H25ClO7/c1-11-6-12(13-7-14(22)9-15(8-13)27-3)4-5-16(11)28-20-21(2,26)19(25)18(24)17(10-23)29-20/h4-9,17-20,23-26H,10H2,1-3H3. The van der Waals surface area contributed by atoms with Crippen molar-refractivity contribution in [2.24, 2.45) is 0 Å². The molecule has 0 aliphatic carbocycles. The predicted octanol–water partition coefficient (Wildman–Crippen LogP) is 1.89. The molecule has 7 nitrogen and oxygen atoms in total. The molecule has 5 unspecified atom stereocenters. The number of hydrogen-bond donors (Lipinski definition) is 4. The molecule has 1 saturated heterocycles. The Bertz CT molecular complexity index is 870. The maximum Gasteiger partial charge on any atom is 0.231 e. The fraction of sp³-hybridized carbons (Fsp3) is 0.429. The molecule has 0 saturated carbocycles. The average molecular weight is 425 g/mol. The number of aliphatic hydroxyl groups is 4. The molecule has 0 amide bonds. The van der Waals surface area contributed by atoms with Crippen LogP contribution >= 0.6 is 11.6 Å². The molecule has 0 radical (unpaired) electrons. The monoisotopic (exact) mass is 424 g/mol. The van der Waals surface area contributed by atoms with E-state index in [0.717, 1.165) is 16.7 Å². The van der Waals surface area contributed by atoms with E-state index in [1.807, 2.05) is 31.2 Å². The Balaban J connectivity index is 1.86. The van der Waals surface area contributed by atoms with E-state index in [4.69, 9.17) is 25.8 Å². The molecule has 0 aromatic heterocycles. The summed E-state index contributed by atoms with van der Waals surface area (Å²) < 4.78 is 16.5. The highest BCUT2D eigenvalue weighted by molar-refractivity contribution is 6.31. The Labute approximate surface area is 174 Å². The van der Waals surface area contributed by atoms with Gasteiger partial charge in [0.05, 0.1) is 13.7 Å². The van der Waals surface area contributed by atoms with Crippen molar-refractivity contribution in [3.63, 3.8) is 0 Å². The maximum atomic E-state index is 10.6. The van der Waals surface area contributed by atoms with Crippen molar-refractivity contribution in [1.29, 1.82) is 0 Å². The van der Waals surface area contributed by atoms with Crippen molar-refractivity contribution in [1.82, 2.24) is 0 Å². The summed E-state index contributed by atoms with van der Waals surface area (Å²) in [6.07, 6.45) is -5.34. The first-order valence-electron chi connectivity index (χ1n) is 9.14. The Morgan fingerprint density at radius 2 is 1.86 bits per heavy atom. The molecule has 5 atom stereocenters. The fourth-order valence-corrected chi connectivity index (χ4v) is 3.51. The van der Waals surface area contributed by atoms with E-state index in [1.165, 1.54) is 6.92 Å². The highest BCUT2D eigenvalue weighted by atomic mass is 35.5. The van der Waals surface area contributed by atoms with Crippen LogP contribution in [0.1, 0.15) is 12.5 Å². The van der Waals surface area contributed by atoms with Crippen molar-refractivity contribution < 1.29 is 34.6 Å². The van der Waals surface area contributed by atoms with E-state index in [2.05, 4.69) is 0 Å². The van der Waals surface area contributed by atoms with Crippen LogP contribution in [0.2, 0.25) is 5.02 Å². The van der Waals surface area contributed by atoms with Crippen LogP contribution in [0.25, 0.3) is 11.1 Å². The SMILES string of the molecule is COc1cc(Cl)cc(-c2ccc(OC3OC(CO)C(O)C(O)C3(C)O)c(C)c2)c1. The lowest BCUT2D eigenvalue weighted by atomic mass is 9.88. The number of ether oxygens (including phenoxy) is 3. The van der Waals surface area contributed by atoms with Crippen LogP contribution in [0.4, 0.5) is 0 Å². The summed E-state index contributed by atoms with van der Waals surface area (Å²) in [5.74, 6) is 1.06. The molecule has 1 aliphatic heterocycles. The maximum absolute atomic E-state index is 10.6. The molecule has 2 aromatic rings. The van der Waals surface area contributed by atoms with Crippen molar-refractivity contribution in [2.75, 3.05) is 13.7 Å². The van der Waals surface area contributed by atoms with E-state index in [9.17, 15) is 20.4 Å². The third-order valence-electron chi connectivity index (χ3n) is 5.11. The Morgan fingerprint density at radius 1 is 1.14 bits per heavy atom. The highest BCUT2D eigenvalue weighted by Crippen LogP contribution is 2.35. The van der Waals surface area contributed by atoms with Gasteiger partial charge in [-0.3, -0.25) is 0 Å². The molecule has 4 N–H and O–H groups in total. The van der Waals surface area contributed by atoms with Crippen molar-refractivity contribution >= 4 is 11.6 Å². The van der Waals surface area contributed by atoms with Crippen LogP contribution in [-0.4, -0.2) is 64.3 Å². The molecule has 29 heavy (non-hydrogen) atoms. The number of rotatable bonds is 5. The molecule has 3 rings (SSSR count). The molecule has 1 fully saturated rings. The van der Waals surface area contributed by atoms with E-state index in [1.54, 1.807) is 19.2 Å². The molecule has 0 bridgehead atoms. The first-order chi connectivity index (χ1) is 13.7. The van der Waals surface area contributed by atoms with Crippen LogP contribution in [0.5, 0.6) is 11.5 Å². The van der Waals surface area contributed by atoms with Crippen molar-refractivity contribution in [3.05, 3.63) is 47.0 Å². The number of methoxy groups -OCH3 is 1. The summed E-state index contributed by atoms with van der Waals surface area (Å²) in [4.78, 5) is 0. The zero-order chi connectivity index (χ0) is 21.3. The summed E-state index contributed by atoms with van der Waals surface area (Å²) in [5.41, 5.74) is 0.623. The molecule has 1 aliphatic rings. The van der Waals surface area contributed by atoms with Crippen LogP contribution in [-0.2, 0) is 4.74 Å². The highest BCUT2D eigenvalue weighted by Gasteiger charge is 2.53. The first-order valence-corrected chi connectivity index (χ1v) is 9.52. The Hall–Kier alpha value is -1.87. The van der Waals surface area contributed by atoms with Gasteiger partial charge in [-0.15, -0.1) is 0 Å². The van der Waals surface area contributed by atoms with E-state index >= 15 is 0 Å². The van der Waals surface area contributed by atoms with Crippen molar-refractivity contribution in [3.8, 4) is 22.6 Å². The van der Waals surface area contributed by atoms with E-state index < -0.39 is 36.8 Å². The lowest BCUT2D eigenvalue weighted by Crippen LogP contribution is -2.66. The predicted molar refractivity (Wildman–Crippen MR) is 107 cm³/mol. The summed E-state index contributed by atoms with van der Waals surface area (Å²) in [7, 11) is 1.57. The van der Waals surface area contributed by atoms with Gasteiger partial charge in [0.25, 0.3) is 0 Å². The van der Waals surface area contributed by atoms with Gasteiger partial charge in [-0.2, -0.15) is 0 Å². The summed E-state index contributed by atoms with van der Waals surface area (Å²) in [6.45, 7) is 2.61. The molecular formula is C21H25ClO7. The first kappa shape index (κ1) is 21.8. The average Bonchev–Trinajstić information content (AvgIpc) is 2.69. The summed E-state index contributed by atoms with van der Waals surface area (Å²) in [6, 6.07) is 10.8. The minimum absolute atomic E-state index is 0.424. The van der Waals surface area contributed by atoms with Gasteiger partial charge < -0.3 is 34.6 Å². The molecule has 8 heteroatoms. The lowest BCUT2D eigenvalue weighted by molar-refractivity contribution is -0.314. The summed E-state index contributed by atoms with van der Waals surface area (Å²) >= 11 is 6.15. The van der Waals surface area contributed by atoms with Gasteiger partial charge in [0.2, 0.25) is 6.29 Å². The van der Waals surface area contributed by atoms with Crippen LogP contribution in [0, 0.1) is 6.92 Å². The van der Waals surface area contributed by atoms with Gasteiger partial charge in [0.1, 0.15) is 29.8 Å². The van der Waals surface area contributed by atoms with Gasteiger partial charge in [-0.1, -0.05) is 17.7 Å². The van der Waals surface area contributed by atoms with E-state index in [0.29, 0.717) is 16.5 Å². The van der Waals surface area contributed by atoms with Crippen LogP contribution in [0.3, 0.4) is 0 Å². The minimum Gasteiger partial charge on any atom is -0.497 e. The minimum atomic E-state index is -1.88. The molecule has 1 heterocycles. The number of benzene rings is 2. The fourth-order valence-electron chi connectivity index (χ4n) is 3.29. The Morgan fingerprint density at radius 3 is 2.48 bits per heavy atom. The van der Waals surface area contributed by atoms with Gasteiger partial charge in [0.15, 0.2) is 5.60 Å². The topological polar surface area (TPSA) is 109 Å². The molecule has 2 aromatic carbocycles. The Kier molecular flexibility index (Phi) is 6.38. The van der Waals surface area contributed by atoms with Gasteiger partial charge in [-0.25, -0.2) is 0 Å². The number of halogens is 1. The second kappa shape index (κ2) is 8.47. The number of aliphatic hydroxyl groups excluding tert-OH is 3. The number of aryl methyl sites for hydroxylation is 1. The number of hydrogen-bond acceptors (Lipinski definition) is 7. The largest absolute Gasteiger partial charge is 0.497 e. The van der Waals surface area contributed by atoms with Gasteiger partial charge in [0, 0.05) is 5.02 Å². The summed E-state index contributed by atoms with van der Waals surface area (Å²) in [5, 5.41) is 40.7. The normalized spacial score (nSPS) is 29.5. The van der Waals surface area contributed by atoms with Crippen molar-refractivity contribution in [2.45, 2.75) is 44.1 Å². The zero-order valence-corrected chi connectivity index (χ0v) is 17.1. The molecular weight excluding hydrogens is 400 g/mol. The van der Waals surface area contributed by atoms with Crippen LogP contribution in [0.15, 0.2) is 36.4 Å². The second-order valence-corrected chi connectivity index (χ2v) is 7.76. The smallest absolute Gasteiger partial charge is 0.231 e. The van der Waals surface area contributed by atoms with Gasteiger partial charge >= 0.3 is 0 Å². The molecule has 0 spiro atoms.